The van der Waals surface area contributed by atoms with Gasteiger partial charge in [0.15, 0.2) is 17.3 Å². The number of hydrogen-bond donors (Lipinski definition) is 0. The third kappa shape index (κ3) is 7.40. The first-order valence-electron chi connectivity index (χ1n) is 19.9. The van der Waals surface area contributed by atoms with Crippen molar-refractivity contribution in [3.05, 3.63) is 128 Å². The number of carbonyl (C=O) groups excluding carboxylic acids is 1. The van der Waals surface area contributed by atoms with Gasteiger partial charge in [0, 0.05) is 59.5 Å². The molecule has 0 unspecified atom stereocenters. The highest BCUT2D eigenvalue weighted by molar-refractivity contribution is 7.99. The molecule has 6 aromatic rings. The molecule has 59 heavy (non-hydrogen) atoms. The van der Waals surface area contributed by atoms with Gasteiger partial charge in [-0.1, -0.05) is 47.6 Å². The number of fused-ring (bicyclic) bond motifs is 4. The summed E-state index contributed by atoms with van der Waals surface area (Å²) in [4.78, 5) is 54.9. The second kappa shape index (κ2) is 16.6. The van der Waals surface area contributed by atoms with E-state index >= 15 is 0 Å². The van der Waals surface area contributed by atoms with Crippen LogP contribution in [0.15, 0.2) is 91.9 Å². The zero-order valence-electron chi connectivity index (χ0n) is 33.1. The number of piperidine rings is 1. The molecule has 6 heterocycles. The van der Waals surface area contributed by atoms with E-state index in [1.165, 1.54) is 21.5 Å². The molecule has 3 aromatic heterocycles. The molecule has 3 aliphatic heterocycles. The molecule has 304 valence electrons. The van der Waals surface area contributed by atoms with Crippen molar-refractivity contribution in [1.29, 1.82) is 0 Å². The van der Waals surface area contributed by atoms with Gasteiger partial charge < -0.3 is 23.6 Å². The predicted molar refractivity (Wildman–Crippen MR) is 229 cm³/mol. The maximum absolute atomic E-state index is 14.3. The van der Waals surface area contributed by atoms with E-state index in [9.17, 15) is 14.4 Å². The molecular formula is C44H44N6O7S2. The average molecular weight is 833 g/mol. The van der Waals surface area contributed by atoms with Crippen LogP contribution in [0.5, 0.6) is 11.5 Å². The minimum Gasteiger partial charge on any atom is -0.493 e. The number of nitrogens with zero attached hydrogens (tertiary/aromatic N) is 6. The summed E-state index contributed by atoms with van der Waals surface area (Å²) >= 11 is 3.32. The molecule has 0 bridgehead atoms. The number of benzene rings is 3. The topological polar surface area (TPSA) is 143 Å². The molecule has 2 fully saturated rings. The molecule has 1 amide bonds. The number of ether oxygens (including phenoxy) is 3. The molecule has 0 spiro atoms. The molecule has 3 aliphatic rings. The van der Waals surface area contributed by atoms with E-state index in [-0.39, 0.29) is 36.6 Å². The Bertz CT molecular complexity index is 2660. The molecule has 0 radical (unpaired) electrons. The fraction of sp³-hybridized carbons (Fsp3) is 0.364. The van der Waals surface area contributed by atoms with E-state index in [0.717, 1.165) is 51.0 Å². The number of thioether (sulfide) groups is 1. The summed E-state index contributed by atoms with van der Waals surface area (Å²) in [6.07, 6.45) is 1.89. The smallest absolute Gasteiger partial charge is 0.332 e. The Morgan fingerprint density at radius 1 is 0.949 bits per heavy atom. The van der Waals surface area contributed by atoms with Crippen LogP contribution in [0.4, 0.5) is 0 Å². The normalized spacial score (nSPS) is 18.0. The lowest BCUT2D eigenvalue weighted by molar-refractivity contribution is 0.0691. The lowest BCUT2D eigenvalue weighted by atomic mass is 9.81. The van der Waals surface area contributed by atoms with Crippen molar-refractivity contribution < 1.29 is 23.5 Å². The molecule has 2 atom stereocenters. The molecular weight excluding hydrogens is 789 g/mol. The number of carbonyl (C=O) groups is 1. The molecule has 0 N–H and O–H groups in total. The van der Waals surface area contributed by atoms with E-state index < -0.39 is 11.7 Å². The average Bonchev–Trinajstić information content (AvgIpc) is 3.93. The van der Waals surface area contributed by atoms with Crippen molar-refractivity contribution in [3.8, 4) is 21.9 Å². The van der Waals surface area contributed by atoms with Crippen molar-refractivity contribution >= 4 is 44.9 Å². The van der Waals surface area contributed by atoms with Gasteiger partial charge in [-0.25, -0.2) is 4.79 Å². The van der Waals surface area contributed by atoms with Crippen LogP contribution < -0.4 is 20.7 Å². The second-order valence-electron chi connectivity index (χ2n) is 14.9. The van der Waals surface area contributed by atoms with Crippen LogP contribution in [-0.4, -0.2) is 87.3 Å². The highest BCUT2D eigenvalue weighted by atomic mass is 32.2. The summed E-state index contributed by atoms with van der Waals surface area (Å²) in [5, 5.41) is 3.97. The Morgan fingerprint density at radius 2 is 1.75 bits per heavy atom. The first kappa shape index (κ1) is 39.0. The minimum absolute atomic E-state index is 0.00914. The van der Waals surface area contributed by atoms with Gasteiger partial charge in [0.1, 0.15) is 17.9 Å². The lowest BCUT2D eigenvalue weighted by Gasteiger charge is -2.35. The van der Waals surface area contributed by atoms with Gasteiger partial charge in [-0.2, -0.15) is 16.7 Å². The Kier molecular flexibility index (Phi) is 11.0. The van der Waals surface area contributed by atoms with Crippen molar-refractivity contribution in [1.82, 2.24) is 24.2 Å². The molecule has 0 saturated carbocycles. The van der Waals surface area contributed by atoms with E-state index in [1.807, 2.05) is 85.4 Å². The van der Waals surface area contributed by atoms with E-state index in [1.54, 1.807) is 23.7 Å². The predicted octanol–water partition coefficient (Wildman–Crippen LogP) is 6.79. The minimum atomic E-state index is -0.455. The van der Waals surface area contributed by atoms with Gasteiger partial charge in [-0.3, -0.25) is 23.7 Å². The number of likely N-dealkylation sites (tertiary alicyclic amines) is 1. The van der Waals surface area contributed by atoms with Crippen LogP contribution in [0.1, 0.15) is 76.9 Å². The first-order valence-corrected chi connectivity index (χ1v) is 21.9. The summed E-state index contributed by atoms with van der Waals surface area (Å²) in [6.45, 7) is 3.46. The number of thiophene rings is 1. The third-order valence-corrected chi connectivity index (χ3v) is 13.7. The fourth-order valence-electron chi connectivity index (χ4n) is 8.50. The monoisotopic (exact) mass is 832 g/mol. The van der Waals surface area contributed by atoms with Crippen LogP contribution in [0, 0.1) is 0 Å². The standard InChI is InChI=1S/C44H44N6O7S2/c1-4-56-36-20-30-31(21-35(36)55-3)40(45-33-16-19-58-25-32(30)33)27-10-12-28(13-11-27)42(51)48-17-14-29(15-18-48)50-43(52)41-34(22-37(59-41)26-8-6-5-7-9-26)49(44(50)53)23-39-46-38(24-54-2)47-57-39/h5-13,20-22,29,32-33H,4,14-19,23-25H2,1-3H3/t32-,33-/m1/s1. The Balaban J connectivity index is 0.965. The van der Waals surface area contributed by atoms with E-state index in [4.69, 9.17) is 23.7 Å². The van der Waals surface area contributed by atoms with Crippen molar-refractivity contribution in [2.75, 3.05) is 45.4 Å². The van der Waals surface area contributed by atoms with Crippen LogP contribution in [0.2, 0.25) is 0 Å². The quantitative estimate of drug-likeness (QED) is 0.137. The van der Waals surface area contributed by atoms with Gasteiger partial charge in [-0.05, 0) is 73.4 Å². The van der Waals surface area contributed by atoms with E-state index in [2.05, 4.69) is 16.2 Å². The van der Waals surface area contributed by atoms with E-state index in [0.29, 0.717) is 65.8 Å². The van der Waals surface area contributed by atoms with Crippen molar-refractivity contribution in [2.45, 2.75) is 57.3 Å². The van der Waals surface area contributed by atoms with Crippen LogP contribution in [-0.2, 0) is 17.9 Å². The van der Waals surface area contributed by atoms with Crippen LogP contribution >= 0.6 is 23.1 Å². The summed E-state index contributed by atoms with van der Waals surface area (Å²) in [5.41, 5.74) is 5.34. The first-order chi connectivity index (χ1) is 28.8. The highest BCUT2D eigenvalue weighted by Gasteiger charge is 2.35. The van der Waals surface area contributed by atoms with Crippen molar-refractivity contribution in [3.63, 3.8) is 0 Å². The highest BCUT2D eigenvalue weighted by Crippen LogP contribution is 2.44. The lowest BCUT2D eigenvalue weighted by Crippen LogP contribution is -2.46. The maximum Gasteiger partial charge on any atom is 0.332 e. The fourth-order valence-corrected chi connectivity index (χ4v) is 10.8. The molecule has 13 nitrogen and oxygen atoms in total. The molecule has 0 aliphatic carbocycles. The summed E-state index contributed by atoms with van der Waals surface area (Å²) in [5.74, 6) is 4.31. The summed E-state index contributed by atoms with van der Waals surface area (Å²) < 4.78 is 25.7. The Morgan fingerprint density at radius 3 is 2.49 bits per heavy atom. The SMILES string of the molecule is CCOc1cc2c(cc1OC)C(c1ccc(C(=O)N3CCC(n4c(=O)c5sc(-c6ccccc6)cc5n(Cc5nc(COC)no5)c4=O)CC3)cc1)=N[C@@H]1CCSC[C@H]21. The van der Waals surface area contributed by atoms with Gasteiger partial charge >= 0.3 is 5.69 Å². The molecule has 15 heteroatoms. The number of hydrogen-bond acceptors (Lipinski definition) is 12. The third-order valence-electron chi connectivity index (χ3n) is 11.4. The molecule has 2 saturated heterocycles. The number of aliphatic imine (C=N–C) groups is 1. The van der Waals surface area contributed by atoms with Crippen molar-refractivity contribution in [2.24, 2.45) is 4.99 Å². The van der Waals surface area contributed by atoms with Gasteiger partial charge in [0.2, 0.25) is 5.89 Å². The summed E-state index contributed by atoms with van der Waals surface area (Å²) in [7, 11) is 3.19. The maximum atomic E-state index is 14.3. The second-order valence-corrected chi connectivity index (χ2v) is 17.1. The summed E-state index contributed by atoms with van der Waals surface area (Å²) in [6, 6.07) is 23.3. The van der Waals surface area contributed by atoms with Crippen LogP contribution in [0.25, 0.3) is 20.7 Å². The molecule has 3 aromatic carbocycles. The number of aromatic nitrogens is 4. The number of methoxy groups -OCH3 is 2. The zero-order valence-corrected chi connectivity index (χ0v) is 34.7. The number of rotatable bonds is 11. The zero-order chi connectivity index (χ0) is 40.6. The Labute approximate surface area is 348 Å². The van der Waals surface area contributed by atoms with Gasteiger partial charge in [-0.15, -0.1) is 11.3 Å². The largest absolute Gasteiger partial charge is 0.493 e. The van der Waals surface area contributed by atoms with Gasteiger partial charge in [0.05, 0.1) is 31.0 Å². The van der Waals surface area contributed by atoms with Crippen LogP contribution in [0.3, 0.4) is 0 Å². The number of amides is 1. The van der Waals surface area contributed by atoms with Gasteiger partial charge in [0.25, 0.3) is 11.5 Å². The Hall–Kier alpha value is -5.51. The molecule has 9 rings (SSSR count).